The molecule has 11 atom stereocenters. The molecule has 7 fully saturated rings. The summed E-state index contributed by atoms with van der Waals surface area (Å²) in [5.74, 6) is 0.167. The molecule has 8 rings (SSSR count). The number of morpholine rings is 1. The monoisotopic (exact) mass is 712 g/mol. The SMILES string of the molecule is C[C@@H]1C[C]([C@H](O)C(C)(C)O)O[C]2[C@H]1[C@@]1(C)CC[C@@]34C[C@@]35CCC(O[C@H]3CN(C(=O)c6cc(F)cc(F)c6)CCO3)C(C)(C)[C@@H]5CC[C]4[C@]1(C)[C@H]2O. The van der Waals surface area contributed by atoms with Gasteiger partial charge in [-0.25, -0.2) is 8.78 Å². The van der Waals surface area contributed by atoms with Gasteiger partial charge in [0.2, 0.25) is 0 Å². The molecule has 2 saturated heterocycles. The first kappa shape index (κ1) is 36.3. The van der Waals surface area contributed by atoms with E-state index in [0.29, 0.717) is 31.1 Å². The molecule has 2 aliphatic heterocycles. The third kappa shape index (κ3) is 4.98. The molecule has 0 aromatic heterocycles. The van der Waals surface area contributed by atoms with Gasteiger partial charge >= 0.3 is 0 Å². The van der Waals surface area contributed by atoms with Gasteiger partial charge in [-0.2, -0.15) is 0 Å². The van der Waals surface area contributed by atoms with Crippen LogP contribution >= 0.6 is 0 Å². The van der Waals surface area contributed by atoms with Crippen LogP contribution in [0, 0.1) is 74.6 Å². The molecule has 0 bridgehead atoms. The van der Waals surface area contributed by atoms with Gasteiger partial charge in [-0.3, -0.25) is 4.79 Å². The van der Waals surface area contributed by atoms with Gasteiger partial charge in [0.15, 0.2) is 6.29 Å². The zero-order chi connectivity index (χ0) is 36.7. The topological polar surface area (TPSA) is 109 Å². The van der Waals surface area contributed by atoms with E-state index in [1.54, 1.807) is 18.7 Å². The number of amides is 1. The third-order valence-corrected chi connectivity index (χ3v) is 15.7. The van der Waals surface area contributed by atoms with Crippen molar-refractivity contribution < 1.29 is 43.1 Å². The average molecular weight is 713 g/mol. The number of nitrogens with zero attached hydrogens (tertiary/aromatic N) is 1. The summed E-state index contributed by atoms with van der Waals surface area (Å²) in [7, 11) is 0. The molecular formula is C41H56F2NO7. The van der Waals surface area contributed by atoms with E-state index in [-0.39, 0.29) is 58.3 Å². The Morgan fingerprint density at radius 3 is 2.47 bits per heavy atom. The smallest absolute Gasteiger partial charge is 0.254 e. The highest BCUT2D eigenvalue weighted by molar-refractivity contribution is 5.94. The van der Waals surface area contributed by atoms with E-state index in [1.807, 2.05) is 0 Å². The van der Waals surface area contributed by atoms with Crippen LogP contribution in [0.15, 0.2) is 18.2 Å². The van der Waals surface area contributed by atoms with E-state index in [1.165, 1.54) is 5.92 Å². The van der Waals surface area contributed by atoms with E-state index < -0.39 is 47.1 Å². The molecule has 10 heteroatoms. The van der Waals surface area contributed by atoms with Crippen molar-refractivity contribution in [2.45, 2.75) is 130 Å². The predicted molar refractivity (Wildman–Crippen MR) is 184 cm³/mol. The number of carbonyl (C=O) groups excluding carboxylic acids is 1. The van der Waals surface area contributed by atoms with E-state index in [2.05, 4.69) is 34.6 Å². The number of benzene rings is 1. The van der Waals surface area contributed by atoms with Crippen molar-refractivity contribution in [1.82, 2.24) is 4.90 Å². The highest BCUT2D eigenvalue weighted by Gasteiger charge is 2.85. The molecule has 8 nitrogen and oxygen atoms in total. The fourth-order valence-corrected chi connectivity index (χ4v) is 13.2. The molecule has 7 aliphatic rings. The summed E-state index contributed by atoms with van der Waals surface area (Å²) in [4.78, 5) is 14.8. The number of fused-ring (bicyclic) bond motifs is 4. The van der Waals surface area contributed by atoms with E-state index in [9.17, 15) is 28.9 Å². The van der Waals surface area contributed by atoms with Gasteiger partial charge in [0.1, 0.15) is 29.9 Å². The van der Waals surface area contributed by atoms with Crippen molar-refractivity contribution in [1.29, 1.82) is 0 Å². The van der Waals surface area contributed by atoms with Crippen molar-refractivity contribution >= 4 is 5.91 Å². The lowest BCUT2D eigenvalue weighted by atomic mass is 9.41. The Hall–Kier alpha value is -1.69. The van der Waals surface area contributed by atoms with Crippen molar-refractivity contribution in [3.05, 3.63) is 53.5 Å². The van der Waals surface area contributed by atoms with Gasteiger partial charge < -0.3 is 34.4 Å². The molecule has 3 N–H and O–H groups in total. The lowest BCUT2D eigenvalue weighted by Gasteiger charge is -2.63. The van der Waals surface area contributed by atoms with Crippen LogP contribution in [-0.4, -0.2) is 76.0 Å². The van der Waals surface area contributed by atoms with E-state index in [4.69, 9.17) is 14.2 Å². The molecule has 5 saturated carbocycles. The number of ether oxygens (including phenoxy) is 3. The lowest BCUT2D eigenvalue weighted by Crippen LogP contribution is -2.59. The minimum atomic E-state index is -1.34. The number of carbonyl (C=O) groups is 1. The fraction of sp³-hybridized carbons (Fsp3) is 0.756. The van der Waals surface area contributed by atoms with Crippen molar-refractivity contribution in [3.63, 3.8) is 0 Å². The maximum Gasteiger partial charge on any atom is 0.254 e. The number of aliphatic hydroxyl groups is 3. The normalized spacial score (nSPS) is 44.5. The van der Waals surface area contributed by atoms with Crippen molar-refractivity contribution in [2.75, 3.05) is 19.7 Å². The van der Waals surface area contributed by atoms with Crippen LogP contribution in [-0.2, 0) is 14.2 Å². The van der Waals surface area contributed by atoms with E-state index >= 15 is 0 Å². The number of aliphatic hydroxyl groups excluding tert-OH is 2. The maximum absolute atomic E-state index is 13.9. The fourth-order valence-electron chi connectivity index (χ4n) is 13.2. The Bertz CT molecular complexity index is 1550. The average Bonchev–Trinajstić information content (AvgIpc) is 3.69. The summed E-state index contributed by atoms with van der Waals surface area (Å²) < 4.78 is 47.0. The molecule has 51 heavy (non-hydrogen) atoms. The van der Waals surface area contributed by atoms with Gasteiger partial charge in [0.25, 0.3) is 5.91 Å². The summed E-state index contributed by atoms with van der Waals surface area (Å²) in [5.41, 5.74) is -1.96. The molecule has 3 radical (unpaired) electrons. The van der Waals surface area contributed by atoms with Gasteiger partial charge in [-0.15, -0.1) is 0 Å². The highest BCUT2D eigenvalue weighted by atomic mass is 19.1. The van der Waals surface area contributed by atoms with Gasteiger partial charge in [0, 0.05) is 29.5 Å². The quantitative estimate of drug-likeness (QED) is 0.325. The zero-order valence-corrected chi connectivity index (χ0v) is 31.2. The van der Waals surface area contributed by atoms with E-state index in [0.717, 1.165) is 63.1 Å². The van der Waals surface area contributed by atoms with Gasteiger partial charge in [-0.05, 0) is 117 Å². The van der Waals surface area contributed by atoms with Crippen LogP contribution in [0.3, 0.4) is 0 Å². The number of halogens is 2. The molecule has 5 aliphatic carbocycles. The second kappa shape index (κ2) is 11.7. The summed E-state index contributed by atoms with van der Waals surface area (Å²) in [6.07, 6.45) is 6.13. The lowest BCUT2D eigenvalue weighted by molar-refractivity contribution is -0.239. The Kier molecular flexibility index (Phi) is 8.30. The van der Waals surface area contributed by atoms with Gasteiger partial charge in [-0.1, -0.05) is 34.6 Å². The molecule has 281 valence electrons. The number of hydrogen-bond donors (Lipinski definition) is 3. The summed E-state index contributed by atoms with van der Waals surface area (Å²) in [6.45, 7) is 15.5. The summed E-state index contributed by atoms with van der Waals surface area (Å²) in [6, 6.07) is 2.90. The minimum absolute atomic E-state index is 0.0185. The Morgan fingerprint density at radius 2 is 1.78 bits per heavy atom. The van der Waals surface area contributed by atoms with Crippen LogP contribution in [0.4, 0.5) is 8.78 Å². The largest absolute Gasteiger partial charge is 0.389 e. The first-order valence-corrected chi connectivity index (χ1v) is 19.2. The van der Waals surface area contributed by atoms with Crippen LogP contribution in [0.5, 0.6) is 0 Å². The second-order valence-corrected chi connectivity index (χ2v) is 18.9. The van der Waals surface area contributed by atoms with Crippen LogP contribution in [0.1, 0.15) is 110 Å². The third-order valence-electron chi connectivity index (χ3n) is 15.7. The standard InChI is InChI=1S/C41H56F2NO7/c1-22-16-26(33(45)37(4,5)48)50-32-31(22)38(6)12-13-41-21-40(41)11-10-29(36(2,3)27(40)8-9-28(41)39(38,7)34(32)46)51-30-20-44(14-15-49-30)35(47)23-17-24(42)19-25(43)18-23/h17-19,22,27,29-31,33-34,45-46,48H,8-16,20-21H2,1-7H3/t22-,27+,29?,30+,31+,33+,34+,38-,39-,40-,41+/m1/s1. The van der Waals surface area contributed by atoms with Crippen LogP contribution in [0.2, 0.25) is 0 Å². The molecule has 2 heterocycles. The number of hydrogen-bond acceptors (Lipinski definition) is 7. The molecule has 1 aromatic rings. The van der Waals surface area contributed by atoms with Gasteiger partial charge in [0.05, 0.1) is 31.0 Å². The Morgan fingerprint density at radius 1 is 1.08 bits per heavy atom. The summed E-state index contributed by atoms with van der Waals surface area (Å²) >= 11 is 0. The highest BCUT2D eigenvalue weighted by Crippen LogP contribution is 2.90. The molecule has 1 aromatic carbocycles. The molecule has 1 amide bonds. The van der Waals surface area contributed by atoms with Crippen LogP contribution in [0.25, 0.3) is 0 Å². The first-order valence-electron chi connectivity index (χ1n) is 19.2. The van der Waals surface area contributed by atoms with Crippen molar-refractivity contribution in [2.24, 2.45) is 44.8 Å². The minimum Gasteiger partial charge on any atom is -0.389 e. The van der Waals surface area contributed by atoms with Crippen LogP contribution < -0.4 is 0 Å². The summed E-state index contributed by atoms with van der Waals surface area (Å²) in [5, 5.41) is 34.0. The molecule has 2 spiro atoms. The first-order chi connectivity index (χ1) is 23.8. The number of rotatable bonds is 5. The van der Waals surface area contributed by atoms with Crippen molar-refractivity contribution in [3.8, 4) is 0 Å². The Labute approximate surface area is 301 Å². The molecule has 1 unspecified atom stereocenters. The second-order valence-electron chi connectivity index (χ2n) is 18.9. The zero-order valence-electron chi connectivity index (χ0n) is 31.2. The molecular weight excluding hydrogens is 656 g/mol. The maximum atomic E-state index is 13.9. The predicted octanol–water partition coefficient (Wildman–Crippen LogP) is 6.38. The Balaban J connectivity index is 0.996.